The van der Waals surface area contributed by atoms with Crippen molar-refractivity contribution in [3.63, 3.8) is 0 Å². The number of hydrogen-bond acceptors (Lipinski definition) is 5. The largest absolute Gasteiger partial charge is 0.497 e. The summed E-state index contributed by atoms with van der Waals surface area (Å²) in [6, 6.07) is 33.9. The number of anilines is 1. The second kappa shape index (κ2) is 9.29. The minimum Gasteiger partial charge on any atom is -0.497 e. The molecule has 0 saturated heterocycles. The van der Waals surface area contributed by atoms with Crippen molar-refractivity contribution in [3.05, 3.63) is 131 Å². The summed E-state index contributed by atoms with van der Waals surface area (Å²) in [5.74, 6) is 1.63. The highest BCUT2D eigenvalue weighted by molar-refractivity contribution is 6.33. The molecule has 5 aromatic rings. The van der Waals surface area contributed by atoms with Crippen LogP contribution < -0.4 is 19.1 Å². The van der Waals surface area contributed by atoms with Gasteiger partial charge >= 0.3 is 0 Å². The van der Waals surface area contributed by atoms with Crippen LogP contribution in [-0.4, -0.2) is 24.9 Å². The monoisotopic (exact) mass is 527 g/mol. The summed E-state index contributed by atoms with van der Waals surface area (Å²) in [4.78, 5) is 16.2. The fourth-order valence-corrected chi connectivity index (χ4v) is 5.63. The molecule has 2 aliphatic rings. The third kappa shape index (κ3) is 3.65. The number of benzene rings is 5. The third-order valence-electron chi connectivity index (χ3n) is 7.56. The predicted octanol–water partition coefficient (Wildman–Crippen LogP) is 6.36. The number of carbonyl (C=O) groups excluding carboxylic acids is 1. The molecule has 0 spiro atoms. The zero-order valence-corrected chi connectivity index (χ0v) is 21.7. The lowest BCUT2D eigenvalue weighted by atomic mass is 9.81. The second-order valence-corrected chi connectivity index (χ2v) is 9.76. The highest BCUT2D eigenvalue weighted by Crippen LogP contribution is 2.48. The highest BCUT2D eigenvalue weighted by atomic mass is 16.7. The Bertz CT molecular complexity index is 1800. The Morgan fingerprint density at radius 2 is 1.60 bits per heavy atom. The van der Waals surface area contributed by atoms with E-state index in [-0.39, 0.29) is 12.7 Å². The van der Waals surface area contributed by atoms with E-state index in [9.17, 15) is 9.90 Å². The normalized spacial score (nSPS) is 18.7. The van der Waals surface area contributed by atoms with E-state index in [0.29, 0.717) is 45.2 Å². The molecule has 7 rings (SSSR count). The van der Waals surface area contributed by atoms with Crippen LogP contribution in [0, 0.1) is 0 Å². The van der Waals surface area contributed by atoms with Gasteiger partial charge in [-0.15, -0.1) is 0 Å². The van der Waals surface area contributed by atoms with Gasteiger partial charge in [-0.25, -0.2) is 0 Å². The summed E-state index contributed by atoms with van der Waals surface area (Å²) >= 11 is 0. The molecule has 1 atom stereocenters. The van der Waals surface area contributed by atoms with Crippen LogP contribution in [0.5, 0.6) is 17.2 Å². The quantitative estimate of drug-likeness (QED) is 0.276. The van der Waals surface area contributed by atoms with Crippen molar-refractivity contribution in [1.82, 2.24) is 0 Å². The molecule has 1 unspecified atom stereocenters. The van der Waals surface area contributed by atoms with Crippen LogP contribution in [-0.2, 0) is 10.5 Å². The molecule has 1 N–H and O–H groups in total. The van der Waals surface area contributed by atoms with Gasteiger partial charge in [-0.3, -0.25) is 9.69 Å². The molecular weight excluding hydrogens is 502 g/mol. The second-order valence-electron chi connectivity index (χ2n) is 9.76. The van der Waals surface area contributed by atoms with Crippen LogP contribution >= 0.6 is 0 Å². The molecule has 2 aliphatic heterocycles. The first-order valence-corrected chi connectivity index (χ1v) is 13.0. The van der Waals surface area contributed by atoms with Crippen molar-refractivity contribution in [2.24, 2.45) is 0 Å². The first kappa shape index (κ1) is 24.0. The average Bonchev–Trinajstić information content (AvgIpc) is 3.47. The SMILES string of the molecule is COc1ccc(C2(O)c3ccccc3/C(=C\c3ccc4c(c3)OCO4)C(=O)N2c2cccc3ccccc23)cc1. The number of nitrogens with zero attached hydrogens (tertiary/aromatic N) is 1. The Hall–Kier alpha value is -5.07. The predicted molar refractivity (Wildman–Crippen MR) is 154 cm³/mol. The zero-order chi connectivity index (χ0) is 27.3. The maximum absolute atomic E-state index is 14.7. The van der Waals surface area contributed by atoms with E-state index in [1.807, 2.05) is 91.0 Å². The van der Waals surface area contributed by atoms with Gasteiger partial charge in [0, 0.05) is 22.1 Å². The molecule has 40 heavy (non-hydrogen) atoms. The van der Waals surface area contributed by atoms with Crippen molar-refractivity contribution in [1.29, 1.82) is 0 Å². The summed E-state index contributed by atoms with van der Waals surface area (Å²) in [6.07, 6.45) is 1.84. The van der Waals surface area contributed by atoms with Crippen LogP contribution in [0.25, 0.3) is 22.4 Å². The fraction of sp³-hybridized carbons (Fsp3) is 0.0882. The summed E-state index contributed by atoms with van der Waals surface area (Å²) in [6.45, 7) is 0.168. The molecule has 2 heterocycles. The van der Waals surface area contributed by atoms with Crippen molar-refractivity contribution in [2.45, 2.75) is 5.72 Å². The van der Waals surface area contributed by atoms with Crippen molar-refractivity contribution < 1.29 is 24.1 Å². The molecular formula is C34H25NO5. The number of aliphatic hydroxyl groups is 1. The van der Waals surface area contributed by atoms with E-state index >= 15 is 0 Å². The number of amides is 1. The molecule has 0 saturated carbocycles. The van der Waals surface area contributed by atoms with Gasteiger partial charge in [0.15, 0.2) is 17.2 Å². The van der Waals surface area contributed by atoms with Crippen molar-refractivity contribution in [3.8, 4) is 17.2 Å². The number of hydrogen-bond donors (Lipinski definition) is 1. The molecule has 0 fully saturated rings. The van der Waals surface area contributed by atoms with Gasteiger partial charge in [0.2, 0.25) is 6.79 Å². The Morgan fingerprint density at radius 1 is 0.850 bits per heavy atom. The lowest BCUT2D eigenvalue weighted by Crippen LogP contribution is -2.54. The molecule has 6 nitrogen and oxygen atoms in total. The molecule has 5 aromatic carbocycles. The molecule has 6 heteroatoms. The summed E-state index contributed by atoms with van der Waals surface area (Å²) < 4.78 is 16.4. The Labute approximate surface area is 231 Å². The minimum atomic E-state index is -1.80. The first-order valence-electron chi connectivity index (χ1n) is 13.0. The van der Waals surface area contributed by atoms with Gasteiger partial charge in [0.05, 0.1) is 12.8 Å². The molecule has 0 radical (unpaired) electrons. The lowest BCUT2D eigenvalue weighted by Gasteiger charge is -2.45. The first-order chi connectivity index (χ1) is 19.6. The summed E-state index contributed by atoms with van der Waals surface area (Å²) in [5.41, 5.74) is 1.85. The van der Waals surface area contributed by atoms with Crippen LogP contribution in [0.3, 0.4) is 0 Å². The topological polar surface area (TPSA) is 68.2 Å². The highest BCUT2D eigenvalue weighted by Gasteiger charge is 2.49. The standard InChI is InChI=1S/C34H25NO5/c1-38-25-16-14-24(15-17-25)34(37)29-11-5-4-10-27(29)28(19-22-13-18-31-32(20-22)40-21-39-31)33(36)35(34)30-12-6-8-23-7-2-3-9-26(23)30/h2-20,37H,21H2,1H3/b28-19+. The zero-order valence-electron chi connectivity index (χ0n) is 21.7. The van der Waals surface area contributed by atoms with E-state index in [1.54, 1.807) is 31.4 Å². The Kier molecular flexibility index (Phi) is 5.58. The van der Waals surface area contributed by atoms with Crippen LogP contribution in [0.4, 0.5) is 5.69 Å². The van der Waals surface area contributed by atoms with E-state index in [0.717, 1.165) is 16.3 Å². The molecule has 0 aromatic heterocycles. The van der Waals surface area contributed by atoms with Gasteiger partial charge in [0.1, 0.15) is 5.75 Å². The van der Waals surface area contributed by atoms with E-state index in [2.05, 4.69) is 0 Å². The number of methoxy groups -OCH3 is 1. The van der Waals surface area contributed by atoms with Crippen LogP contribution in [0.1, 0.15) is 22.3 Å². The number of fused-ring (bicyclic) bond motifs is 3. The minimum absolute atomic E-state index is 0.168. The summed E-state index contributed by atoms with van der Waals surface area (Å²) in [7, 11) is 1.60. The summed E-state index contributed by atoms with van der Waals surface area (Å²) in [5, 5.41) is 14.6. The van der Waals surface area contributed by atoms with Gasteiger partial charge in [0.25, 0.3) is 5.91 Å². The molecule has 196 valence electrons. The third-order valence-corrected chi connectivity index (χ3v) is 7.56. The fourth-order valence-electron chi connectivity index (χ4n) is 5.63. The van der Waals surface area contributed by atoms with Gasteiger partial charge in [-0.1, -0.05) is 78.9 Å². The Morgan fingerprint density at radius 3 is 2.45 bits per heavy atom. The lowest BCUT2D eigenvalue weighted by molar-refractivity contribution is -0.117. The molecule has 0 aliphatic carbocycles. The van der Waals surface area contributed by atoms with Crippen molar-refractivity contribution >= 4 is 34.0 Å². The van der Waals surface area contributed by atoms with Gasteiger partial charge < -0.3 is 19.3 Å². The molecule has 0 bridgehead atoms. The maximum atomic E-state index is 14.7. The number of rotatable bonds is 4. The smallest absolute Gasteiger partial charge is 0.261 e. The number of ether oxygens (including phenoxy) is 3. The van der Waals surface area contributed by atoms with Crippen LogP contribution in [0.15, 0.2) is 109 Å². The van der Waals surface area contributed by atoms with E-state index in [4.69, 9.17) is 14.2 Å². The molecule has 1 amide bonds. The van der Waals surface area contributed by atoms with Gasteiger partial charge in [-0.05, 0) is 52.9 Å². The number of carbonyl (C=O) groups is 1. The van der Waals surface area contributed by atoms with Crippen molar-refractivity contribution in [2.75, 3.05) is 18.8 Å². The van der Waals surface area contributed by atoms with Gasteiger partial charge in [-0.2, -0.15) is 0 Å². The van der Waals surface area contributed by atoms with Crippen LogP contribution in [0.2, 0.25) is 0 Å². The average molecular weight is 528 g/mol. The van der Waals surface area contributed by atoms with E-state index in [1.165, 1.54) is 4.90 Å². The maximum Gasteiger partial charge on any atom is 0.261 e. The van der Waals surface area contributed by atoms with E-state index < -0.39 is 5.72 Å². The Balaban J connectivity index is 1.51.